The number of hydrogen-bond donors (Lipinski definition) is 0. The van der Waals surface area contributed by atoms with E-state index in [1.807, 2.05) is 76.2 Å². The van der Waals surface area contributed by atoms with Gasteiger partial charge < -0.3 is 9.80 Å². The Kier molecular flexibility index (Phi) is 11.9. The van der Waals surface area contributed by atoms with Crippen molar-refractivity contribution in [1.29, 1.82) is 0 Å². The average Bonchev–Trinajstić information content (AvgIpc) is 3.78. The van der Waals surface area contributed by atoms with Gasteiger partial charge in [0.2, 0.25) is 0 Å². The Bertz CT molecular complexity index is 3270. The van der Waals surface area contributed by atoms with E-state index < -0.39 is 69.1 Å². The Hall–Kier alpha value is -7.62. The van der Waals surface area contributed by atoms with Gasteiger partial charge in [-0.15, -0.1) is 0 Å². The van der Waals surface area contributed by atoms with Gasteiger partial charge in [-0.25, -0.2) is 0 Å². The highest BCUT2D eigenvalue weighted by Crippen LogP contribution is 2.60. The van der Waals surface area contributed by atoms with Crippen molar-refractivity contribution in [3.63, 3.8) is 0 Å². The number of fused-ring (bicyclic) bond motifs is 6. The van der Waals surface area contributed by atoms with Crippen molar-refractivity contribution in [2.24, 2.45) is 0 Å². The molecule has 8 aromatic rings. The molecule has 0 unspecified atom stereocenters. The number of rotatable bonds is 11. The second kappa shape index (κ2) is 17.5. The van der Waals surface area contributed by atoms with Crippen LogP contribution in [0, 0.1) is 0 Å². The van der Waals surface area contributed by atoms with Gasteiger partial charge in [0.1, 0.15) is 0 Å². The number of hydrogen-bond acceptors (Lipinski definition) is 2. The summed E-state index contributed by atoms with van der Waals surface area (Å²) in [6.45, 7) is 7.80. The van der Waals surface area contributed by atoms with E-state index in [1.165, 1.54) is 9.80 Å². The number of alkyl halides is 14. The second-order valence-electron chi connectivity index (χ2n) is 20.0. The summed E-state index contributed by atoms with van der Waals surface area (Å²) in [6.07, 6.45) is -9.47. The highest BCUT2D eigenvalue weighted by atomic mass is 19.4. The van der Waals surface area contributed by atoms with Gasteiger partial charge in [0.15, 0.2) is 0 Å². The van der Waals surface area contributed by atoms with Gasteiger partial charge in [0.25, 0.3) is 0 Å². The van der Waals surface area contributed by atoms with E-state index in [-0.39, 0.29) is 22.7 Å². The Morgan fingerprint density at radius 1 is 0.276 bits per heavy atom. The van der Waals surface area contributed by atoms with Gasteiger partial charge in [-0.3, -0.25) is 0 Å². The summed E-state index contributed by atoms with van der Waals surface area (Å²) in [5.41, 5.74) is 0.812. The first-order valence-electron chi connectivity index (χ1n) is 23.7. The van der Waals surface area contributed by atoms with Crippen molar-refractivity contribution < 1.29 is 61.5 Å². The minimum absolute atomic E-state index is 0.0629. The zero-order chi connectivity index (χ0) is 54.8. The van der Waals surface area contributed by atoms with Crippen LogP contribution in [0.15, 0.2) is 182 Å². The van der Waals surface area contributed by atoms with Crippen LogP contribution in [-0.2, 0) is 35.0 Å². The molecule has 0 N–H and O–H groups in total. The smallest absolute Gasteiger partial charge is 0.310 e. The third-order valence-corrected chi connectivity index (χ3v) is 14.7. The lowest BCUT2D eigenvalue weighted by Gasteiger charge is -2.37. The molecule has 8 aromatic carbocycles. The summed E-state index contributed by atoms with van der Waals surface area (Å²) in [7, 11) is 0. The van der Waals surface area contributed by atoms with Gasteiger partial charge in [0.05, 0.1) is 11.1 Å². The molecule has 2 nitrogen and oxygen atoms in total. The van der Waals surface area contributed by atoms with Crippen molar-refractivity contribution >= 4 is 34.1 Å². The summed E-state index contributed by atoms with van der Waals surface area (Å²) >= 11 is 0. The zero-order valence-electron chi connectivity index (χ0n) is 40.5. The monoisotopic (exact) mass is 1060 g/mol. The summed E-state index contributed by atoms with van der Waals surface area (Å²) in [5, 5.41) is 0. The van der Waals surface area contributed by atoms with Crippen LogP contribution in [0.2, 0.25) is 0 Å². The first-order valence-corrected chi connectivity index (χ1v) is 23.7. The zero-order valence-corrected chi connectivity index (χ0v) is 40.5. The van der Waals surface area contributed by atoms with Crippen LogP contribution >= 0.6 is 0 Å². The highest BCUT2D eigenvalue weighted by molar-refractivity contribution is 5.87. The van der Waals surface area contributed by atoms with Crippen LogP contribution in [0.4, 0.5) is 95.6 Å². The minimum Gasteiger partial charge on any atom is -0.310 e. The molecular formula is C60H42F14N2. The third kappa shape index (κ3) is 8.08. The Morgan fingerprint density at radius 3 is 0.816 bits per heavy atom. The summed E-state index contributed by atoms with van der Waals surface area (Å²) in [4.78, 5) is 2.68. The molecule has 0 aliphatic heterocycles. The van der Waals surface area contributed by atoms with E-state index in [2.05, 4.69) is 0 Å². The standard InChI is InChI=1S/C60H42F14N2/c1-53(2)49-11-7-5-9-45(49)47-31-29-43(33-51(47)53)75(41-25-17-37(18-26-41)57(65,66)67)39-21-13-35(14-22-39)55(61,62)59(71,72)60(73,74)56(63,64)36-15-23-40(24-16-36)76(42-27-19-38(20-28-42)58(68,69)70)44-30-32-48-46-10-6-8-12-50(46)54(3,4)52(48)34-44/h5-34H,1-4H3. The molecule has 0 spiro atoms. The molecular weight excluding hydrogens is 1010 g/mol. The summed E-state index contributed by atoms with van der Waals surface area (Å²) < 4.78 is 210. The van der Waals surface area contributed by atoms with Crippen molar-refractivity contribution in [2.75, 3.05) is 9.80 Å². The minimum atomic E-state index is -6.78. The molecule has 0 aromatic heterocycles. The van der Waals surface area contributed by atoms with Crippen molar-refractivity contribution in [1.82, 2.24) is 0 Å². The molecule has 0 atom stereocenters. The fraction of sp³-hybridized carbons (Fsp3) is 0.200. The van der Waals surface area contributed by atoms with E-state index in [0.717, 1.165) is 117 Å². The van der Waals surface area contributed by atoms with Crippen molar-refractivity contribution in [2.45, 2.75) is 74.6 Å². The number of nitrogens with zero attached hydrogens (tertiary/aromatic N) is 2. The van der Waals surface area contributed by atoms with Crippen LogP contribution in [0.25, 0.3) is 22.3 Å². The van der Waals surface area contributed by atoms with E-state index in [1.54, 1.807) is 36.4 Å². The second-order valence-corrected chi connectivity index (χ2v) is 20.0. The van der Waals surface area contributed by atoms with Gasteiger partial charge in [-0.05, 0) is 142 Å². The van der Waals surface area contributed by atoms with Crippen molar-refractivity contribution in [3.8, 4) is 22.3 Å². The first-order chi connectivity index (χ1) is 35.5. The lowest BCUT2D eigenvalue weighted by molar-refractivity contribution is -0.374. The third-order valence-electron chi connectivity index (χ3n) is 14.7. The van der Waals surface area contributed by atoms with Gasteiger partial charge in [-0.1, -0.05) is 113 Å². The summed E-state index contributed by atoms with van der Waals surface area (Å²) in [5.74, 6) is -25.5. The first kappa shape index (κ1) is 51.8. The fourth-order valence-electron chi connectivity index (χ4n) is 10.6. The van der Waals surface area contributed by atoms with Gasteiger partial charge >= 0.3 is 36.0 Å². The van der Waals surface area contributed by atoms with Crippen LogP contribution in [0.1, 0.15) is 72.2 Å². The molecule has 10 rings (SSSR count). The molecule has 0 amide bonds. The number of halogens is 14. The fourth-order valence-corrected chi connectivity index (χ4v) is 10.6. The molecule has 16 heteroatoms. The average molecular weight is 1060 g/mol. The lowest BCUT2D eigenvalue weighted by atomic mass is 9.82. The normalized spacial score (nSPS) is 14.9. The van der Waals surface area contributed by atoms with Crippen LogP contribution in [0.3, 0.4) is 0 Å². The highest BCUT2D eigenvalue weighted by Gasteiger charge is 2.81. The van der Waals surface area contributed by atoms with Gasteiger partial charge in [0, 0.05) is 56.1 Å². The van der Waals surface area contributed by atoms with Crippen LogP contribution in [0.5, 0.6) is 0 Å². The quantitative estimate of drug-likeness (QED) is 0.119. The predicted molar refractivity (Wildman–Crippen MR) is 265 cm³/mol. The van der Waals surface area contributed by atoms with E-state index in [0.29, 0.717) is 35.6 Å². The van der Waals surface area contributed by atoms with Crippen molar-refractivity contribution in [3.05, 3.63) is 226 Å². The Labute approximate surface area is 427 Å². The number of benzene rings is 8. The van der Waals surface area contributed by atoms with Gasteiger partial charge in [-0.2, -0.15) is 61.5 Å². The molecule has 390 valence electrons. The van der Waals surface area contributed by atoms with Crippen LogP contribution < -0.4 is 9.80 Å². The molecule has 0 fully saturated rings. The molecule has 2 aliphatic rings. The maximum atomic E-state index is 16.1. The molecule has 0 saturated carbocycles. The number of anilines is 6. The largest absolute Gasteiger partial charge is 0.416 e. The Balaban J connectivity index is 0.972. The summed E-state index contributed by atoms with van der Waals surface area (Å²) in [6, 6.07) is 37.6. The van der Waals surface area contributed by atoms with E-state index >= 15 is 35.1 Å². The molecule has 0 heterocycles. The topological polar surface area (TPSA) is 6.48 Å². The molecule has 2 aliphatic carbocycles. The van der Waals surface area contributed by atoms with E-state index in [9.17, 15) is 26.3 Å². The predicted octanol–water partition coefficient (Wildman–Crippen LogP) is 19.4. The molecule has 0 bridgehead atoms. The lowest BCUT2D eigenvalue weighted by Crippen LogP contribution is -2.59. The molecule has 0 radical (unpaired) electrons. The van der Waals surface area contributed by atoms with E-state index in [4.69, 9.17) is 0 Å². The maximum absolute atomic E-state index is 16.1. The SMILES string of the molecule is CC1(C)c2ccccc2-c2ccc(N(c3ccc(C(F)(F)F)cc3)c3ccc(C(F)(F)C(F)(F)C(F)(F)C(F)(F)c4ccc(N(c5ccc(C(F)(F)F)cc5)c5ccc6c(c5)C(C)(C)c5ccccc5-6)cc4)cc3)cc21. The Morgan fingerprint density at radius 2 is 0.526 bits per heavy atom. The molecule has 76 heavy (non-hydrogen) atoms. The maximum Gasteiger partial charge on any atom is 0.416 e. The van der Waals surface area contributed by atoms with Crippen LogP contribution in [-0.4, -0.2) is 11.8 Å². The molecule has 0 saturated heterocycles.